The molecule has 9 nitrogen and oxygen atoms in total. The van der Waals surface area contributed by atoms with Crippen molar-refractivity contribution in [2.45, 2.75) is 45.7 Å². The van der Waals surface area contributed by atoms with Crippen LogP contribution in [0.2, 0.25) is 0 Å². The highest BCUT2D eigenvalue weighted by Crippen LogP contribution is 2.14. The summed E-state index contributed by atoms with van der Waals surface area (Å²) < 4.78 is 0. The van der Waals surface area contributed by atoms with Crippen molar-refractivity contribution in [3.63, 3.8) is 0 Å². The van der Waals surface area contributed by atoms with Crippen molar-refractivity contribution >= 4 is 41.5 Å². The number of nitro groups is 1. The molecule has 0 unspecified atom stereocenters. The third-order valence-electron chi connectivity index (χ3n) is 4.75. The van der Waals surface area contributed by atoms with E-state index in [0.717, 1.165) is 51.0 Å². The van der Waals surface area contributed by atoms with Crippen LogP contribution in [-0.4, -0.2) is 60.5 Å². The van der Waals surface area contributed by atoms with E-state index in [9.17, 15) is 14.9 Å². The fourth-order valence-electron chi connectivity index (χ4n) is 3.21. The number of nitrogens with zero attached hydrogens (tertiary/aromatic N) is 3. The second kappa shape index (κ2) is 14.1. The van der Waals surface area contributed by atoms with Crippen LogP contribution >= 0.6 is 24.0 Å². The lowest BCUT2D eigenvalue weighted by atomic mass is 10.1. The number of halogens is 1. The minimum atomic E-state index is -0.396. The number of guanidine groups is 1. The molecule has 0 aromatic heterocycles. The number of hydrogen-bond acceptors (Lipinski definition) is 5. The summed E-state index contributed by atoms with van der Waals surface area (Å²) in [6, 6.07) is 6.83. The molecule has 1 heterocycles. The van der Waals surface area contributed by atoms with Crippen LogP contribution in [0.3, 0.4) is 0 Å². The molecule has 30 heavy (non-hydrogen) atoms. The Labute approximate surface area is 195 Å². The monoisotopic (exact) mass is 532 g/mol. The van der Waals surface area contributed by atoms with Crippen LogP contribution in [-0.2, 0) is 11.3 Å². The van der Waals surface area contributed by atoms with E-state index < -0.39 is 4.92 Å². The molecule has 1 saturated heterocycles. The lowest BCUT2D eigenvalue weighted by Gasteiger charge is -2.32. The third-order valence-corrected chi connectivity index (χ3v) is 4.75. The lowest BCUT2D eigenvalue weighted by Crippen LogP contribution is -2.50. The highest BCUT2D eigenvalue weighted by Gasteiger charge is 2.21. The van der Waals surface area contributed by atoms with Gasteiger partial charge in [-0.25, -0.2) is 4.99 Å². The Kier molecular flexibility index (Phi) is 12.3. The molecular weight excluding hydrogens is 499 g/mol. The summed E-state index contributed by atoms with van der Waals surface area (Å²) in [6.45, 7) is 8.05. The summed E-state index contributed by atoms with van der Waals surface area (Å²) in [5, 5.41) is 20.5. The van der Waals surface area contributed by atoms with Gasteiger partial charge in [-0.1, -0.05) is 19.1 Å². The van der Waals surface area contributed by atoms with Crippen molar-refractivity contribution in [1.82, 2.24) is 20.9 Å². The number of carbonyl (C=O) groups is 1. The molecule has 1 aromatic rings. The molecule has 0 atom stereocenters. The number of hydrogen-bond donors (Lipinski definition) is 3. The van der Waals surface area contributed by atoms with Crippen LogP contribution in [0.4, 0.5) is 5.69 Å². The summed E-state index contributed by atoms with van der Waals surface area (Å²) in [7, 11) is 0. The van der Waals surface area contributed by atoms with Crippen molar-refractivity contribution in [2.24, 2.45) is 4.99 Å². The maximum Gasteiger partial charge on any atom is 0.269 e. The molecule has 1 aliphatic heterocycles. The Morgan fingerprint density at radius 1 is 1.27 bits per heavy atom. The molecular formula is C20H33IN6O3. The number of likely N-dealkylation sites (tertiary alicyclic amines) is 1. The van der Waals surface area contributed by atoms with E-state index in [1.54, 1.807) is 12.1 Å². The Bertz CT molecular complexity index is 708. The minimum absolute atomic E-state index is 0. The fraction of sp³-hybridized carbons (Fsp3) is 0.600. The molecule has 1 aromatic carbocycles. The van der Waals surface area contributed by atoms with Crippen molar-refractivity contribution in [3.05, 3.63) is 39.9 Å². The smallest absolute Gasteiger partial charge is 0.269 e. The average molecular weight is 532 g/mol. The van der Waals surface area contributed by atoms with E-state index in [1.165, 1.54) is 6.07 Å². The topological polar surface area (TPSA) is 112 Å². The van der Waals surface area contributed by atoms with Crippen LogP contribution < -0.4 is 16.0 Å². The van der Waals surface area contributed by atoms with E-state index in [1.807, 2.05) is 19.9 Å². The van der Waals surface area contributed by atoms with Crippen LogP contribution in [0.5, 0.6) is 0 Å². The Balaban J connectivity index is 0.00000450. The molecule has 1 fully saturated rings. The summed E-state index contributed by atoms with van der Waals surface area (Å²) in [5.74, 6) is 0.795. The van der Waals surface area contributed by atoms with Crippen molar-refractivity contribution in [3.8, 4) is 0 Å². The number of rotatable bonds is 9. The largest absolute Gasteiger partial charge is 0.357 e. The molecule has 1 amide bonds. The van der Waals surface area contributed by atoms with Crippen molar-refractivity contribution in [1.29, 1.82) is 0 Å². The zero-order chi connectivity index (χ0) is 21.1. The first kappa shape index (κ1) is 26.1. The second-order valence-corrected chi connectivity index (χ2v) is 7.17. The van der Waals surface area contributed by atoms with E-state index >= 15 is 0 Å². The molecule has 0 saturated carbocycles. The number of benzene rings is 1. The first-order chi connectivity index (χ1) is 14.0. The maximum absolute atomic E-state index is 11.9. The number of non-ortho nitro benzene ring substituents is 1. The van der Waals surface area contributed by atoms with Crippen LogP contribution in [0, 0.1) is 10.1 Å². The second-order valence-electron chi connectivity index (χ2n) is 7.17. The van der Waals surface area contributed by atoms with Crippen molar-refractivity contribution in [2.75, 3.05) is 32.7 Å². The van der Waals surface area contributed by atoms with Gasteiger partial charge in [-0.15, -0.1) is 24.0 Å². The van der Waals surface area contributed by atoms with Gasteiger partial charge in [0.2, 0.25) is 5.91 Å². The van der Waals surface area contributed by atoms with Crippen molar-refractivity contribution < 1.29 is 9.72 Å². The number of carbonyl (C=O) groups excluding carboxylic acids is 1. The molecule has 0 radical (unpaired) electrons. The van der Waals surface area contributed by atoms with E-state index in [2.05, 4.69) is 25.8 Å². The molecule has 168 valence electrons. The molecule has 1 aliphatic rings. The van der Waals surface area contributed by atoms with Crippen LogP contribution in [0.15, 0.2) is 29.3 Å². The predicted molar refractivity (Wildman–Crippen MR) is 129 cm³/mol. The Hall–Kier alpha value is -1.95. The number of piperidine rings is 1. The summed E-state index contributed by atoms with van der Waals surface area (Å²) >= 11 is 0. The number of nitrogens with one attached hydrogen (secondary N) is 3. The van der Waals surface area contributed by atoms with Gasteiger partial charge in [0, 0.05) is 44.4 Å². The first-order valence-electron chi connectivity index (χ1n) is 10.3. The quantitative estimate of drug-likeness (QED) is 0.148. The summed E-state index contributed by atoms with van der Waals surface area (Å²) in [5.41, 5.74) is 0.871. The number of aliphatic imine (C=N–C) groups is 1. The highest BCUT2D eigenvalue weighted by molar-refractivity contribution is 14.0. The van der Waals surface area contributed by atoms with Gasteiger partial charge >= 0.3 is 0 Å². The van der Waals surface area contributed by atoms with Gasteiger partial charge in [0.05, 0.1) is 18.0 Å². The molecule has 0 spiro atoms. The number of amides is 1. The third kappa shape index (κ3) is 9.24. The first-order valence-corrected chi connectivity index (χ1v) is 10.3. The molecule has 0 aliphatic carbocycles. The Morgan fingerprint density at radius 2 is 2.00 bits per heavy atom. The fourth-order valence-corrected chi connectivity index (χ4v) is 3.21. The molecule has 10 heteroatoms. The van der Waals surface area contributed by atoms with Gasteiger partial charge in [0.25, 0.3) is 5.69 Å². The van der Waals surface area contributed by atoms with Gasteiger partial charge in [-0.3, -0.25) is 19.8 Å². The zero-order valence-corrected chi connectivity index (χ0v) is 20.1. The van der Waals surface area contributed by atoms with E-state index in [-0.39, 0.29) is 41.6 Å². The van der Waals surface area contributed by atoms with Gasteiger partial charge in [0.1, 0.15) is 0 Å². The average Bonchev–Trinajstić information content (AvgIpc) is 2.72. The Morgan fingerprint density at radius 3 is 2.63 bits per heavy atom. The highest BCUT2D eigenvalue weighted by atomic mass is 127. The predicted octanol–water partition coefficient (Wildman–Crippen LogP) is 2.26. The van der Waals surface area contributed by atoms with Gasteiger partial charge < -0.3 is 16.0 Å². The summed E-state index contributed by atoms with van der Waals surface area (Å²) in [6.07, 6.45) is 2.81. The lowest BCUT2D eigenvalue weighted by molar-refractivity contribution is -0.384. The maximum atomic E-state index is 11.9. The van der Waals surface area contributed by atoms with Gasteiger partial charge in [-0.05, 0) is 31.7 Å². The zero-order valence-electron chi connectivity index (χ0n) is 17.7. The number of nitro benzene ring substituents is 1. The SMILES string of the molecule is CCCNC(=O)CN1CCC(NC(=NCc2cccc([N+](=O)[O-])c2)NCC)CC1.I. The van der Waals surface area contributed by atoms with E-state index in [4.69, 9.17) is 0 Å². The summed E-state index contributed by atoms with van der Waals surface area (Å²) in [4.78, 5) is 29.1. The molecule has 0 bridgehead atoms. The standard InChI is InChI=1S/C20H32N6O3.HI/c1-3-10-22-19(27)15-25-11-8-17(9-12-25)24-20(21-4-2)23-14-16-6-5-7-18(13-16)26(28)29;/h5-7,13,17H,3-4,8-12,14-15H2,1-2H3,(H,22,27)(H2,21,23,24);1H. The van der Waals surface area contributed by atoms with Gasteiger partial charge in [0.15, 0.2) is 5.96 Å². The molecule has 2 rings (SSSR count). The van der Waals surface area contributed by atoms with Crippen LogP contribution in [0.25, 0.3) is 0 Å². The molecule has 3 N–H and O–H groups in total. The normalized spacial score (nSPS) is 15.2. The van der Waals surface area contributed by atoms with Crippen LogP contribution in [0.1, 0.15) is 38.7 Å². The minimum Gasteiger partial charge on any atom is -0.357 e. The van der Waals surface area contributed by atoms with Gasteiger partial charge in [-0.2, -0.15) is 0 Å². The van der Waals surface area contributed by atoms with E-state index in [0.29, 0.717) is 19.0 Å².